The molecule has 0 aromatic rings. The fourth-order valence-corrected chi connectivity index (χ4v) is 0.915. The molecule has 0 bridgehead atoms. The Balaban J connectivity index is 3.69. The van der Waals surface area contributed by atoms with Crippen LogP contribution < -0.4 is 5.32 Å². The van der Waals surface area contributed by atoms with Gasteiger partial charge in [-0.2, -0.15) is 0 Å². The largest absolute Gasteiger partial charge is 0.478 e. The van der Waals surface area contributed by atoms with Gasteiger partial charge in [-0.25, -0.2) is 4.79 Å². The van der Waals surface area contributed by atoms with Crippen molar-refractivity contribution in [1.29, 1.82) is 0 Å². The summed E-state index contributed by atoms with van der Waals surface area (Å²) in [6.45, 7) is 6.60. The number of aliphatic hydroxyl groups excluding tert-OH is 1. The summed E-state index contributed by atoms with van der Waals surface area (Å²) in [5.41, 5.74) is 0.744. The molecule has 14 heavy (non-hydrogen) atoms. The first-order chi connectivity index (χ1) is 6.43. The van der Waals surface area contributed by atoms with Crippen LogP contribution in [0.2, 0.25) is 0 Å². The first kappa shape index (κ1) is 13.1. The molecule has 4 heteroatoms. The summed E-state index contributed by atoms with van der Waals surface area (Å²) in [4.78, 5) is 10.3. The summed E-state index contributed by atoms with van der Waals surface area (Å²) in [6.07, 6.45) is 0.780. The second-order valence-electron chi connectivity index (χ2n) is 3.77. The lowest BCUT2D eigenvalue weighted by atomic mass is 10.1. The summed E-state index contributed by atoms with van der Waals surface area (Å²) in [6, 6.07) is 0. The monoisotopic (exact) mass is 201 g/mol. The Bertz CT molecular complexity index is 211. The fourth-order valence-electron chi connectivity index (χ4n) is 0.915. The minimum atomic E-state index is -0.936. The zero-order chi connectivity index (χ0) is 11.1. The molecule has 0 aromatic heterocycles. The lowest BCUT2D eigenvalue weighted by molar-refractivity contribution is -0.131. The van der Waals surface area contributed by atoms with E-state index in [2.05, 4.69) is 5.32 Å². The van der Waals surface area contributed by atoms with Crippen molar-refractivity contribution in [3.63, 3.8) is 0 Å². The molecule has 0 aliphatic carbocycles. The minimum absolute atomic E-state index is 0.214. The first-order valence-corrected chi connectivity index (χ1v) is 4.72. The van der Waals surface area contributed by atoms with Crippen LogP contribution in [0, 0.1) is 5.92 Å². The molecule has 0 rings (SSSR count). The number of hydrogen-bond acceptors (Lipinski definition) is 3. The van der Waals surface area contributed by atoms with E-state index in [9.17, 15) is 9.90 Å². The minimum Gasteiger partial charge on any atom is -0.478 e. The molecule has 0 amide bonds. The molecule has 0 aliphatic rings. The Morgan fingerprint density at radius 3 is 2.50 bits per heavy atom. The highest BCUT2D eigenvalue weighted by atomic mass is 16.4. The Morgan fingerprint density at radius 1 is 1.50 bits per heavy atom. The van der Waals surface area contributed by atoms with Crippen LogP contribution in [0.25, 0.3) is 0 Å². The maximum Gasteiger partial charge on any atom is 0.328 e. The molecule has 0 aromatic carbocycles. The molecule has 0 saturated carbocycles. The van der Waals surface area contributed by atoms with Gasteiger partial charge in [-0.15, -0.1) is 0 Å². The normalized spacial score (nSPS) is 14.5. The predicted octanol–water partition coefficient (Wildman–Crippen LogP) is 0.624. The molecule has 3 N–H and O–H groups in total. The molecule has 82 valence electrons. The van der Waals surface area contributed by atoms with E-state index in [0.717, 1.165) is 11.6 Å². The van der Waals surface area contributed by atoms with Crippen molar-refractivity contribution in [2.75, 3.05) is 13.1 Å². The lowest BCUT2D eigenvalue weighted by Crippen LogP contribution is -2.31. The SMILES string of the molecule is CC(=CC(=O)O)CNCC(O)C(C)C. The molecule has 4 nitrogen and oxygen atoms in total. The van der Waals surface area contributed by atoms with Gasteiger partial charge in [0.25, 0.3) is 0 Å². The molecule has 0 aliphatic heterocycles. The Labute approximate surface area is 84.6 Å². The van der Waals surface area contributed by atoms with E-state index in [1.807, 2.05) is 13.8 Å². The van der Waals surface area contributed by atoms with Crippen LogP contribution in [0.15, 0.2) is 11.6 Å². The summed E-state index contributed by atoms with van der Waals surface area (Å²) in [5, 5.41) is 20.8. The summed E-state index contributed by atoms with van der Waals surface area (Å²) in [7, 11) is 0. The predicted molar refractivity (Wildman–Crippen MR) is 55.1 cm³/mol. The molecular weight excluding hydrogens is 182 g/mol. The third kappa shape index (κ3) is 6.62. The quantitative estimate of drug-likeness (QED) is 0.551. The van der Waals surface area contributed by atoms with E-state index in [4.69, 9.17) is 5.11 Å². The van der Waals surface area contributed by atoms with Gasteiger partial charge in [0, 0.05) is 19.2 Å². The second-order valence-corrected chi connectivity index (χ2v) is 3.77. The van der Waals surface area contributed by atoms with Crippen LogP contribution in [-0.4, -0.2) is 35.4 Å². The summed E-state index contributed by atoms with van der Waals surface area (Å²) >= 11 is 0. The van der Waals surface area contributed by atoms with Crippen LogP contribution in [0.5, 0.6) is 0 Å². The molecule has 0 spiro atoms. The van der Waals surface area contributed by atoms with Crippen LogP contribution in [0.1, 0.15) is 20.8 Å². The lowest BCUT2D eigenvalue weighted by Gasteiger charge is -2.14. The standard InChI is InChI=1S/C10H19NO3/c1-7(2)9(12)6-11-5-8(3)4-10(13)14/h4,7,9,11-12H,5-6H2,1-3H3,(H,13,14). The number of aliphatic hydroxyl groups is 1. The molecule has 1 unspecified atom stereocenters. The Hall–Kier alpha value is -0.870. The second kappa shape index (κ2) is 6.56. The Morgan fingerprint density at radius 2 is 2.07 bits per heavy atom. The van der Waals surface area contributed by atoms with E-state index < -0.39 is 5.97 Å². The van der Waals surface area contributed by atoms with Gasteiger partial charge in [-0.3, -0.25) is 0 Å². The van der Waals surface area contributed by atoms with Crippen molar-refractivity contribution in [3.05, 3.63) is 11.6 Å². The molecular formula is C10H19NO3. The highest BCUT2D eigenvalue weighted by molar-refractivity contribution is 5.80. The van der Waals surface area contributed by atoms with E-state index in [1.54, 1.807) is 6.92 Å². The van der Waals surface area contributed by atoms with Gasteiger partial charge in [0.05, 0.1) is 6.10 Å². The number of carboxylic acid groups (broad SMARTS) is 1. The third-order valence-corrected chi connectivity index (χ3v) is 1.90. The molecule has 0 radical (unpaired) electrons. The average molecular weight is 201 g/mol. The highest BCUT2D eigenvalue weighted by Gasteiger charge is 2.07. The van der Waals surface area contributed by atoms with Gasteiger partial charge in [0.1, 0.15) is 0 Å². The Kier molecular flexibility index (Phi) is 6.16. The number of carbonyl (C=O) groups is 1. The van der Waals surface area contributed by atoms with E-state index in [1.165, 1.54) is 0 Å². The van der Waals surface area contributed by atoms with Crippen molar-refractivity contribution < 1.29 is 15.0 Å². The molecule has 1 atom stereocenters. The van der Waals surface area contributed by atoms with Crippen molar-refractivity contribution in [1.82, 2.24) is 5.32 Å². The zero-order valence-electron chi connectivity index (χ0n) is 8.95. The van der Waals surface area contributed by atoms with E-state index in [0.29, 0.717) is 13.1 Å². The summed E-state index contributed by atoms with van der Waals surface area (Å²) in [5.74, 6) is -0.722. The number of carboxylic acids is 1. The van der Waals surface area contributed by atoms with Crippen LogP contribution in [-0.2, 0) is 4.79 Å². The molecule has 0 heterocycles. The molecule has 0 fully saturated rings. The van der Waals surface area contributed by atoms with Crippen LogP contribution >= 0.6 is 0 Å². The van der Waals surface area contributed by atoms with Crippen molar-refractivity contribution in [2.45, 2.75) is 26.9 Å². The van der Waals surface area contributed by atoms with Crippen molar-refractivity contribution >= 4 is 5.97 Å². The average Bonchev–Trinajstić information content (AvgIpc) is 2.02. The van der Waals surface area contributed by atoms with Crippen molar-refractivity contribution in [2.24, 2.45) is 5.92 Å². The van der Waals surface area contributed by atoms with E-state index in [-0.39, 0.29) is 12.0 Å². The van der Waals surface area contributed by atoms with Gasteiger partial charge < -0.3 is 15.5 Å². The van der Waals surface area contributed by atoms with Gasteiger partial charge in [0.15, 0.2) is 0 Å². The number of hydrogen-bond donors (Lipinski definition) is 3. The highest BCUT2D eigenvalue weighted by Crippen LogP contribution is 1.99. The fraction of sp³-hybridized carbons (Fsp3) is 0.700. The third-order valence-electron chi connectivity index (χ3n) is 1.90. The van der Waals surface area contributed by atoms with Crippen LogP contribution in [0.3, 0.4) is 0 Å². The molecule has 0 saturated heterocycles. The first-order valence-electron chi connectivity index (χ1n) is 4.72. The van der Waals surface area contributed by atoms with Gasteiger partial charge in [-0.05, 0) is 12.8 Å². The topological polar surface area (TPSA) is 69.6 Å². The number of aliphatic carboxylic acids is 1. The maximum atomic E-state index is 10.3. The van der Waals surface area contributed by atoms with Gasteiger partial charge in [0.2, 0.25) is 0 Å². The van der Waals surface area contributed by atoms with Crippen molar-refractivity contribution in [3.8, 4) is 0 Å². The number of nitrogens with one attached hydrogen (secondary N) is 1. The smallest absolute Gasteiger partial charge is 0.328 e. The zero-order valence-corrected chi connectivity index (χ0v) is 8.95. The van der Waals surface area contributed by atoms with E-state index >= 15 is 0 Å². The maximum absolute atomic E-state index is 10.3. The number of rotatable bonds is 6. The van der Waals surface area contributed by atoms with Gasteiger partial charge >= 0.3 is 5.97 Å². The van der Waals surface area contributed by atoms with Crippen LogP contribution in [0.4, 0.5) is 0 Å². The summed E-state index contributed by atoms with van der Waals surface area (Å²) < 4.78 is 0. The van der Waals surface area contributed by atoms with Gasteiger partial charge in [-0.1, -0.05) is 19.4 Å².